The third kappa shape index (κ3) is 2.16. The third-order valence-corrected chi connectivity index (χ3v) is 4.89. The molecule has 4 nitrogen and oxygen atoms in total. The van der Waals surface area contributed by atoms with Crippen LogP contribution in [-0.4, -0.2) is 19.2 Å². The fourth-order valence-electron chi connectivity index (χ4n) is 3.60. The van der Waals surface area contributed by atoms with E-state index < -0.39 is 11.9 Å². The molecule has 0 N–H and O–H groups in total. The summed E-state index contributed by atoms with van der Waals surface area (Å²) in [5.74, 6) is 0.244. The summed E-state index contributed by atoms with van der Waals surface area (Å²) in [6.07, 6.45) is -1.29. The summed E-state index contributed by atoms with van der Waals surface area (Å²) in [6, 6.07) is 10.7. The summed E-state index contributed by atoms with van der Waals surface area (Å²) in [6.45, 7) is 1.93. The van der Waals surface area contributed by atoms with Gasteiger partial charge in [0.15, 0.2) is 5.69 Å². The maximum absolute atomic E-state index is 13.9. The Hall–Kier alpha value is -2.83. The monoisotopic (exact) mass is 356 g/mol. The number of pyridine rings is 1. The first-order valence-electron chi connectivity index (χ1n) is 8.47. The van der Waals surface area contributed by atoms with Crippen LogP contribution in [0.25, 0.3) is 22.4 Å². The Morgan fingerprint density at radius 2 is 1.85 bits per heavy atom. The largest absolute Gasteiger partial charge is 0.433 e. The standard InChI is InChI=1S/C19H15F3N4/c1-11-4-2-5-13-10-23-26(17(11)13)15-7-3-6-14-24-16(12-8-9-12)18(25(14)15)19(20,21)22/h2-7,10,12H,8-9H2,1H3. The predicted octanol–water partition coefficient (Wildman–Crippen LogP) is 4.88. The van der Waals surface area contributed by atoms with Crippen LogP contribution in [0, 0.1) is 6.92 Å². The number of alkyl halides is 3. The van der Waals surface area contributed by atoms with Gasteiger partial charge < -0.3 is 0 Å². The van der Waals surface area contributed by atoms with Crippen molar-refractivity contribution < 1.29 is 13.2 Å². The summed E-state index contributed by atoms with van der Waals surface area (Å²) in [5.41, 5.74) is 1.53. The molecule has 0 radical (unpaired) electrons. The van der Waals surface area contributed by atoms with Crippen LogP contribution < -0.4 is 0 Å². The van der Waals surface area contributed by atoms with E-state index in [0.717, 1.165) is 29.3 Å². The summed E-state index contributed by atoms with van der Waals surface area (Å²) in [7, 11) is 0. The third-order valence-electron chi connectivity index (χ3n) is 4.89. The van der Waals surface area contributed by atoms with Crippen LogP contribution in [-0.2, 0) is 6.18 Å². The highest BCUT2D eigenvalue weighted by Crippen LogP contribution is 2.46. The van der Waals surface area contributed by atoms with E-state index in [1.165, 1.54) is 4.40 Å². The van der Waals surface area contributed by atoms with Crippen molar-refractivity contribution >= 4 is 16.6 Å². The second-order valence-electron chi connectivity index (χ2n) is 6.76. The molecule has 0 spiro atoms. The van der Waals surface area contributed by atoms with Gasteiger partial charge in [-0.05, 0) is 37.5 Å². The van der Waals surface area contributed by atoms with Crippen LogP contribution in [0.1, 0.15) is 35.7 Å². The van der Waals surface area contributed by atoms with Crippen molar-refractivity contribution in [3.63, 3.8) is 0 Å². The number of rotatable bonds is 2. The number of hydrogen-bond donors (Lipinski definition) is 0. The van der Waals surface area contributed by atoms with Crippen LogP contribution in [0.5, 0.6) is 0 Å². The molecule has 1 fully saturated rings. The zero-order valence-corrected chi connectivity index (χ0v) is 14.0. The van der Waals surface area contributed by atoms with Crippen molar-refractivity contribution in [1.29, 1.82) is 0 Å². The number of para-hydroxylation sites is 1. The molecule has 0 aliphatic heterocycles. The zero-order chi connectivity index (χ0) is 18.1. The number of hydrogen-bond acceptors (Lipinski definition) is 2. The van der Waals surface area contributed by atoms with Crippen LogP contribution in [0.3, 0.4) is 0 Å². The first kappa shape index (κ1) is 15.4. The van der Waals surface area contributed by atoms with Crippen LogP contribution in [0.2, 0.25) is 0 Å². The Kier molecular flexibility index (Phi) is 3.02. The van der Waals surface area contributed by atoms with Gasteiger partial charge in [-0.1, -0.05) is 24.3 Å². The Morgan fingerprint density at radius 3 is 2.58 bits per heavy atom. The zero-order valence-electron chi connectivity index (χ0n) is 14.0. The van der Waals surface area contributed by atoms with E-state index in [9.17, 15) is 13.2 Å². The normalized spacial score (nSPS) is 15.2. The van der Waals surface area contributed by atoms with Crippen molar-refractivity contribution in [2.24, 2.45) is 0 Å². The molecule has 26 heavy (non-hydrogen) atoms. The number of benzene rings is 1. The van der Waals surface area contributed by atoms with Crippen LogP contribution >= 0.6 is 0 Å². The maximum atomic E-state index is 13.9. The van der Waals surface area contributed by atoms with E-state index >= 15 is 0 Å². The molecular weight excluding hydrogens is 341 g/mol. The van der Waals surface area contributed by atoms with E-state index in [1.54, 1.807) is 29.1 Å². The second-order valence-corrected chi connectivity index (χ2v) is 6.76. The molecule has 0 amide bonds. The van der Waals surface area contributed by atoms with E-state index in [0.29, 0.717) is 11.5 Å². The summed E-state index contributed by atoms with van der Waals surface area (Å²) >= 11 is 0. The lowest BCUT2D eigenvalue weighted by atomic mass is 10.2. The van der Waals surface area contributed by atoms with Crippen LogP contribution in [0.4, 0.5) is 13.2 Å². The molecule has 0 bridgehead atoms. The van der Waals surface area contributed by atoms with Gasteiger partial charge in [0.05, 0.1) is 17.4 Å². The molecule has 132 valence electrons. The van der Waals surface area contributed by atoms with E-state index in [-0.39, 0.29) is 11.6 Å². The highest BCUT2D eigenvalue weighted by molar-refractivity contribution is 5.83. The Balaban J connectivity index is 1.89. The smallest absolute Gasteiger partial charge is 0.272 e. The fourth-order valence-corrected chi connectivity index (χ4v) is 3.60. The molecule has 3 heterocycles. The molecule has 5 rings (SSSR count). The first-order chi connectivity index (χ1) is 12.4. The summed E-state index contributed by atoms with van der Waals surface area (Å²) in [5, 5.41) is 5.26. The van der Waals surface area contributed by atoms with Gasteiger partial charge in [0.1, 0.15) is 11.5 Å². The molecule has 1 aromatic carbocycles. The number of imidazole rings is 1. The number of aryl methyl sites for hydroxylation is 1. The quantitative estimate of drug-likeness (QED) is 0.513. The van der Waals surface area contributed by atoms with Gasteiger partial charge in [0.2, 0.25) is 0 Å². The lowest BCUT2D eigenvalue weighted by molar-refractivity contribution is -0.142. The molecule has 0 atom stereocenters. The van der Waals surface area contributed by atoms with Crippen molar-refractivity contribution in [2.45, 2.75) is 31.9 Å². The SMILES string of the molecule is Cc1cccc2cnn(-c3cccc4nc(C5CC5)c(C(F)(F)F)n34)c12. The van der Waals surface area contributed by atoms with Crippen molar-refractivity contribution in [1.82, 2.24) is 19.2 Å². The Labute approximate surface area is 146 Å². The molecule has 7 heteroatoms. The molecule has 1 aliphatic carbocycles. The topological polar surface area (TPSA) is 35.1 Å². The highest BCUT2D eigenvalue weighted by Gasteiger charge is 2.43. The van der Waals surface area contributed by atoms with Crippen molar-refractivity contribution in [3.05, 3.63) is 59.5 Å². The molecular formula is C19H15F3N4. The highest BCUT2D eigenvalue weighted by atomic mass is 19.4. The number of fused-ring (bicyclic) bond motifs is 2. The predicted molar refractivity (Wildman–Crippen MR) is 91.5 cm³/mol. The van der Waals surface area contributed by atoms with Gasteiger partial charge in [-0.15, -0.1) is 0 Å². The van der Waals surface area contributed by atoms with Crippen LogP contribution in [0.15, 0.2) is 42.6 Å². The molecule has 0 saturated heterocycles. The minimum Gasteiger partial charge on any atom is -0.272 e. The van der Waals surface area contributed by atoms with Gasteiger partial charge in [-0.2, -0.15) is 18.3 Å². The van der Waals surface area contributed by atoms with Crippen molar-refractivity contribution in [3.8, 4) is 5.82 Å². The second kappa shape index (κ2) is 5.09. The Bertz CT molecular complexity index is 1150. The fraction of sp³-hybridized carbons (Fsp3) is 0.263. The number of aromatic nitrogens is 4. The van der Waals surface area contributed by atoms with Gasteiger partial charge in [0.25, 0.3) is 0 Å². The average Bonchev–Trinajstić information content (AvgIpc) is 3.20. The summed E-state index contributed by atoms with van der Waals surface area (Å²) < 4.78 is 44.5. The first-order valence-corrected chi connectivity index (χ1v) is 8.47. The Morgan fingerprint density at radius 1 is 1.08 bits per heavy atom. The molecule has 0 unspecified atom stereocenters. The number of halogens is 3. The van der Waals surface area contributed by atoms with E-state index in [4.69, 9.17) is 0 Å². The minimum atomic E-state index is -4.48. The molecule has 1 aliphatic rings. The minimum absolute atomic E-state index is 0.101. The average molecular weight is 356 g/mol. The van der Waals surface area contributed by atoms with Gasteiger partial charge in [-0.3, -0.25) is 4.40 Å². The van der Waals surface area contributed by atoms with Gasteiger partial charge in [0, 0.05) is 11.3 Å². The lowest BCUT2D eigenvalue weighted by Gasteiger charge is -2.13. The van der Waals surface area contributed by atoms with Gasteiger partial charge >= 0.3 is 6.18 Å². The molecule has 3 aromatic heterocycles. The lowest BCUT2D eigenvalue weighted by Crippen LogP contribution is -2.15. The van der Waals surface area contributed by atoms with Gasteiger partial charge in [-0.25, -0.2) is 9.67 Å². The van der Waals surface area contributed by atoms with Crippen molar-refractivity contribution in [2.75, 3.05) is 0 Å². The number of nitrogens with zero attached hydrogens (tertiary/aromatic N) is 4. The maximum Gasteiger partial charge on any atom is 0.433 e. The molecule has 1 saturated carbocycles. The van der Waals surface area contributed by atoms with E-state index in [2.05, 4.69) is 10.1 Å². The van der Waals surface area contributed by atoms with E-state index in [1.807, 2.05) is 25.1 Å². The summed E-state index contributed by atoms with van der Waals surface area (Å²) in [4.78, 5) is 4.32. The molecule has 4 aromatic rings.